The summed E-state index contributed by atoms with van der Waals surface area (Å²) in [4.78, 5) is 20.4. The lowest BCUT2D eigenvalue weighted by molar-refractivity contribution is -0.192. The van der Waals surface area contributed by atoms with Crippen molar-refractivity contribution < 1.29 is 23.1 Å². The highest BCUT2D eigenvalue weighted by Crippen LogP contribution is 2.24. The molecule has 0 spiro atoms. The van der Waals surface area contributed by atoms with E-state index in [0.717, 1.165) is 22.3 Å². The van der Waals surface area contributed by atoms with Crippen molar-refractivity contribution in [3.05, 3.63) is 31.0 Å². The lowest BCUT2D eigenvalue weighted by Crippen LogP contribution is -2.21. The van der Waals surface area contributed by atoms with Crippen molar-refractivity contribution in [3.8, 4) is 17.3 Å². The van der Waals surface area contributed by atoms with Gasteiger partial charge in [-0.05, 0) is 13.0 Å². The molecule has 26 heavy (non-hydrogen) atoms. The maximum atomic E-state index is 10.6. The number of hydrogen-bond acceptors (Lipinski definition) is 5. The summed E-state index contributed by atoms with van der Waals surface area (Å²) in [5.74, 6) is -2.82. The zero-order chi connectivity index (χ0) is 19.3. The molecule has 3 aromatic heterocycles. The van der Waals surface area contributed by atoms with Gasteiger partial charge in [0.05, 0.1) is 30.4 Å². The monoisotopic (exact) mass is 366 g/mol. The Bertz CT molecular complexity index is 941. The Kier molecular flexibility index (Phi) is 5.56. The first-order valence-corrected chi connectivity index (χ1v) is 7.23. The van der Waals surface area contributed by atoms with Crippen LogP contribution in [0.4, 0.5) is 13.2 Å². The number of rotatable bonds is 3. The molecule has 8 nitrogen and oxygen atoms in total. The number of H-pyrrole nitrogens is 1. The van der Waals surface area contributed by atoms with E-state index in [1.54, 1.807) is 10.9 Å². The molecule has 0 aliphatic heterocycles. The maximum absolute atomic E-state index is 10.6. The maximum Gasteiger partial charge on any atom is 0.490 e. The number of halogens is 3. The van der Waals surface area contributed by atoms with Gasteiger partial charge >= 0.3 is 12.1 Å². The van der Waals surface area contributed by atoms with E-state index in [0.29, 0.717) is 6.54 Å². The van der Waals surface area contributed by atoms with Gasteiger partial charge in [-0.2, -0.15) is 23.5 Å². The van der Waals surface area contributed by atoms with E-state index in [9.17, 15) is 13.2 Å². The number of carbonyl (C=O) groups is 1. The molecular formula is C15H13F3N6O2. The van der Waals surface area contributed by atoms with E-state index >= 15 is 0 Å². The molecule has 3 rings (SSSR count). The summed E-state index contributed by atoms with van der Waals surface area (Å²) < 4.78 is 33.5. The van der Waals surface area contributed by atoms with Crippen molar-refractivity contribution in [3.63, 3.8) is 0 Å². The summed E-state index contributed by atoms with van der Waals surface area (Å²) in [5.41, 5.74) is 2.59. The SMILES string of the molecule is CC(C#N)Cn1cc(-c2ncnc3[nH]ccc23)cn1.O=C(O)C(F)(F)F. The molecule has 0 saturated heterocycles. The lowest BCUT2D eigenvalue weighted by Gasteiger charge is -2.01. The molecule has 0 radical (unpaired) electrons. The van der Waals surface area contributed by atoms with Gasteiger partial charge < -0.3 is 10.1 Å². The number of nitrogens with one attached hydrogen (secondary N) is 1. The molecule has 0 fully saturated rings. The summed E-state index contributed by atoms with van der Waals surface area (Å²) in [7, 11) is 0. The molecule has 1 unspecified atom stereocenters. The molecule has 0 aliphatic rings. The van der Waals surface area contributed by atoms with E-state index in [-0.39, 0.29) is 5.92 Å². The summed E-state index contributed by atoms with van der Waals surface area (Å²) in [6.45, 7) is 2.45. The van der Waals surface area contributed by atoms with Crippen molar-refractivity contribution in [1.29, 1.82) is 5.26 Å². The number of fused-ring (bicyclic) bond motifs is 1. The molecule has 0 aliphatic carbocycles. The lowest BCUT2D eigenvalue weighted by atomic mass is 10.2. The number of alkyl halides is 3. The summed E-state index contributed by atoms with van der Waals surface area (Å²) >= 11 is 0. The predicted molar refractivity (Wildman–Crippen MR) is 83.6 cm³/mol. The number of carboxylic acids is 1. The number of nitrogens with zero attached hydrogens (tertiary/aromatic N) is 5. The summed E-state index contributed by atoms with van der Waals surface area (Å²) in [6.07, 6.45) is 1.95. The highest BCUT2D eigenvalue weighted by atomic mass is 19.4. The van der Waals surface area contributed by atoms with Crippen LogP contribution in [0, 0.1) is 17.2 Å². The van der Waals surface area contributed by atoms with Gasteiger partial charge in [-0.15, -0.1) is 0 Å². The standard InChI is InChI=1S/C13H12N6.C2HF3O2/c1-9(4-14)6-19-7-10(5-18-19)12-11-2-3-15-13(11)17-8-16-12;3-2(4,5)1(6)7/h2-3,5,7-9H,6H2,1H3,(H,15,16,17);(H,6,7). The van der Waals surface area contributed by atoms with Crippen LogP contribution in [-0.4, -0.2) is 42.0 Å². The first-order chi connectivity index (χ1) is 12.2. The molecule has 1 atom stereocenters. The van der Waals surface area contributed by atoms with Gasteiger partial charge in [0.25, 0.3) is 0 Å². The average molecular weight is 366 g/mol. The van der Waals surface area contributed by atoms with Gasteiger partial charge in [-0.3, -0.25) is 4.68 Å². The largest absolute Gasteiger partial charge is 0.490 e. The Labute approximate surface area is 144 Å². The van der Waals surface area contributed by atoms with Crippen LogP contribution < -0.4 is 0 Å². The number of hydrogen-bond donors (Lipinski definition) is 2. The van der Waals surface area contributed by atoms with Crippen LogP contribution in [0.3, 0.4) is 0 Å². The van der Waals surface area contributed by atoms with Gasteiger partial charge in [-0.1, -0.05) is 0 Å². The molecule has 0 bridgehead atoms. The quantitative estimate of drug-likeness (QED) is 0.735. The molecule has 0 amide bonds. The minimum Gasteiger partial charge on any atom is -0.475 e. The third-order valence-electron chi connectivity index (χ3n) is 3.18. The fraction of sp³-hybridized carbons (Fsp3) is 0.267. The molecule has 0 saturated carbocycles. The minimum absolute atomic E-state index is 0.0644. The smallest absolute Gasteiger partial charge is 0.475 e. The van der Waals surface area contributed by atoms with Crippen molar-refractivity contribution >= 4 is 17.0 Å². The molecule has 3 heterocycles. The highest BCUT2D eigenvalue weighted by Gasteiger charge is 2.38. The third kappa shape index (κ3) is 4.56. The van der Waals surface area contributed by atoms with Crippen LogP contribution in [0.1, 0.15) is 6.92 Å². The molecular weight excluding hydrogens is 353 g/mol. The van der Waals surface area contributed by atoms with E-state index in [1.165, 1.54) is 6.33 Å². The number of aromatic amines is 1. The first kappa shape index (κ1) is 18.9. The summed E-state index contributed by atoms with van der Waals surface area (Å²) in [6, 6.07) is 4.14. The van der Waals surface area contributed by atoms with Gasteiger partial charge in [0.1, 0.15) is 12.0 Å². The highest BCUT2D eigenvalue weighted by molar-refractivity contribution is 5.89. The number of nitriles is 1. The van der Waals surface area contributed by atoms with E-state index in [4.69, 9.17) is 15.2 Å². The van der Waals surface area contributed by atoms with Gasteiger partial charge in [0.15, 0.2) is 0 Å². The number of aliphatic carboxylic acids is 1. The zero-order valence-electron chi connectivity index (χ0n) is 13.4. The summed E-state index contributed by atoms with van der Waals surface area (Å²) in [5, 5.41) is 21.2. The Morgan fingerprint density at radius 1 is 1.46 bits per heavy atom. The van der Waals surface area contributed by atoms with Crippen LogP contribution in [0.5, 0.6) is 0 Å². The van der Waals surface area contributed by atoms with Crippen molar-refractivity contribution in [2.24, 2.45) is 5.92 Å². The predicted octanol–water partition coefficient (Wildman–Crippen LogP) is 2.61. The fourth-order valence-electron chi connectivity index (χ4n) is 2.01. The Morgan fingerprint density at radius 2 is 2.15 bits per heavy atom. The second-order valence-electron chi connectivity index (χ2n) is 5.25. The Hall–Kier alpha value is -3.42. The average Bonchev–Trinajstić information content (AvgIpc) is 3.23. The zero-order valence-corrected chi connectivity index (χ0v) is 13.4. The molecule has 11 heteroatoms. The fourth-order valence-corrected chi connectivity index (χ4v) is 2.01. The van der Waals surface area contributed by atoms with Gasteiger partial charge in [0, 0.05) is 23.3 Å². The van der Waals surface area contributed by atoms with E-state index in [1.807, 2.05) is 25.4 Å². The molecule has 136 valence electrons. The Morgan fingerprint density at radius 3 is 2.77 bits per heavy atom. The van der Waals surface area contributed by atoms with Crippen molar-refractivity contribution in [1.82, 2.24) is 24.7 Å². The second-order valence-corrected chi connectivity index (χ2v) is 5.25. The normalized spacial score (nSPS) is 12.1. The van der Waals surface area contributed by atoms with Crippen LogP contribution in [0.2, 0.25) is 0 Å². The van der Waals surface area contributed by atoms with Crippen LogP contribution in [-0.2, 0) is 11.3 Å². The Balaban J connectivity index is 0.000000298. The van der Waals surface area contributed by atoms with E-state index < -0.39 is 12.1 Å². The van der Waals surface area contributed by atoms with Crippen LogP contribution in [0.25, 0.3) is 22.3 Å². The second kappa shape index (κ2) is 7.64. The number of aromatic nitrogens is 5. The van der Waals surface area contributed by atoms with E-state index in [2.05, 4.69) is 26.1 Å². The van der Waals surface area contributed by atoms with Crippen molar-refractivity contribution in [2.45, 2.75) is 19.6 Å². The van der Waals surface area contributed by atoms with Crippen molar-refractivity contribution in [2.75, 3.05) is 0 Å². The van der Waals surface area contributed by atoms with Gasteiger partial charge in [-0.25, -0.2) is 14.8 Å². The van der Waals surface area contributed by atoms with Crippen LogP contribution >= 0.6 is 0 Å². The number of carboxylic acid groups (broad SMARTS) is 1. The third-order valence-corrected chi connectivity index (χ3v) is 3.18. The van der Waals surface area contributed by atoms with Crippen LogP contribution in [0.15, 0.2) is 31.0 Å². The molecule has 2 N–H and O–H groups in total. The first-order valence-electron chi connectivity index (χ1n) is 7.23. The molecule has 3 aromatic rings. The van der Waals surface area contributed by atoms with Gasteiger partial charge in [0.2, 0.25) is 0 Å². The topological polar surface area (TPSA) is 120 Å². The molecule has 0 aromatic carbocycles. The minimum atomic E-state index is -5.08.